The average molecular weight is 761 g/mol. The number of anilines is 2. The summed E-state index contributed by atoms with van der Waals surface area (Å²) in [6.45, 7) is 6.75. The van der Waals surface area contributed by atoms with Crippen LogP contribution in [-0.4, -0.2) is 11.4 Å². The molecule has 4 aromatic heterocycles. The fourth-order valence-electron chi connectivity index (χ4n) is 10.4. The summed E-state index contributed by atoms with van der Waals surface area (Å²) in [5.74, 6) is 0. The molecule has 6 heterocycles. The van der Waals surface area contributed by atoms with Crippen molar-refractivity contribution < 1.29 is 8.83 Å². The van der Waals surface area contributed by atoms with Crippen LogP contribution in [0.1, 0.15) is 26.3 Å². The third-order valence-electron chi connectivity index (χ3n) is 13.1. The van der Waals surface area contributed by atoms with Crippen LogP contribution in [0.15, 0.2) is 154 Å². The number of fused-ring (bicyclic) bond motifs is 17. The van der Waals surface area contributed by atoms with E-state index in [4.69, 9.17) is 8.83 Å². The Morgan fingerprint density at radius 1 is 0.500 bits per heavy atom. The van der Waals surface area contributed by atoms with Crippen molar-refractivity contribution in [2.75, 3.05) is 4.81 Å². The van der Waals surface area contributed by atoms with Crippen LogP contribution in [0.2, 0.25) is 0 Å². The standard InChI is InChI=1S/C52H33BN2O2S/c1-52(2,3)28-16-18-29(19-17-28)55-42-24-38-31-11-5-8-14-45(31)56-46(38)25-36(42)33-20-21-34-35-22-39-32-12-6-9-15-48(32)58-49(39)27-41(35)54-43-26-47-37(30-10-4-7-13-44(30)57-47)23-40(43)53(55)50(33)51(34)54/h4-27H,1-3H3. The lowest BCUT2D eigenvalue weighted by Crippen LogP contribution is -2.60. The number of hydrogen-bond acceptors (Lipinski definition) is 4. The van der Waals surface area contributed by atoms with E-state index < -0.39 is 0 Å². The van der Waals surface area contributed by atoms with Gasteiger partial charge in [-0.2, -0.15) is 0 Å². The molecule has 2 aliphatic heterocycles. The molecule has 272 valence electrons. The van der Waals surface area contributed by atoms with Crippen LogP contribution in [0, 0.1) is 0 Å². The second kappa shape index (κ2) is 10.6. The van der Waals surface area contributed by atoms with E-state index in [1.807, 2.05) is 11.3 Å². The van der Waals surface area contributed by atoms with Crippen molar-refractivity contribution in [3.63, 3.8) is 0 Å². The van der Waals surface area contributed by atoms with Crippen LogP contribution in [0.25, 0.3) is 103 Å². The third-order valence-corrected chi connectivity index (χ3v) is 14.2. The highest BCUT2D eigenvalue weighted by molar-refractivity contribution is 7.25. The summed E-state index contributed by atoms with van der Waals surface area (Å²) in [6.07, 6.45) is 0. The fraction of sp³-hybridized carbons (Fsp3) is 0.0769. The van der Waals surface area contributed by atoms with E-state index >= 15 is 0 Å². The van der Waals surface area contributed by atoms with Crippen LogP contribution >= 0.6 is 11.3 Å². The third kappa shape index (κ3) is 3.91. The number of thiophene rings is 1. The molecule has 12 aromatic rings. The maximum absolute atomic E-state index is 6.67. The van der Waals surface area contributed by atoms with Crippen LogP contribution in [0.3, 0.4) is 0 Å². The normalized spacial score (nSPS) is 13.7. The van der Waals surface area contributed by atoms with E-state index in [1.165, 1.54) is 75.3 Å². The molecule has 0 fully saturated rings. The summed E-state index contributed by atoms with van der Waals surface area (Å²) >= 11 is 1.88. The minimum absolute atomic E-state index is 0.0321. The second-order valence-electron chi connectivity index (χ2n) is 17.3. The molecular formula is C52H33BN2O2S. The van der Waals surface area contributed by atoms with Crippen molar-refractivity contribution in [3.05, 3.63) is 151 Å². The smallest absolute Gasteiger partial charge is 0.333 e. The Balaban J connectivity index is 1.17. The molecule has 0 unspecified atom stereocenters. The zero-order valence-electron chi connectivity index (χ0n) is 32.1. The molecule has 0 saturated carbocycles. The van der Waals surface area contributed by atoms with Crippen molar-refractivity contribution in [1.82, 2.24) is 4.57 Å². The van der Waals surface area contributed by atoms with Gasteiger partial charge in [-0.1, -0.05) is 106 Å². The van der Waals surface area contributed by atoms with Crippen molar-refractivity contribution >= 4 is 126 Å². The number of rotatable bonds is 1. The molecule has 0 saturated heterocycles. The Morgan fingerprint density at radius 3 is 1.95 bits per heavy atom. The van der Waals surface area contributed by atoms with Crippen LogP contribution in [0.5, 0.6) is 0 Å². The molecule has 58 heavy (non-hydrogen) atoms. The summed E-state index contributed by atoms with van der Waals surface area (Å²) in [7, 11) is 0. The van der Waals surface area contributed by atoms with E-state index in [0.29, 0.717) is 0 Å². The van der Waals surface area contributed by atoms with Gasteiger partial charge in [0.05, 0.1) is 11.0 Å². The molecule has 2 aliphatic rings. The first-order valence-corrected chi connectivity index (χ1v) is 20.9. The molecule has 14 rings (SSSR count). The predicted octanol–water partition coefficient (Wildman–Crippen LogP) is 13.5. The molecule has 0 amide bonds. The molecular weight excluding hydrogens is 727 g/mol. The van der Waals surface area contributed by atoms with Gasteiger partial charge in [-0.05, 0) is 82.1 Å². The van der Waals surface area contributed by atoms with Crippen LogP contribution in [0.4, 0.5) is 11.4 Å². The van der Waals surface area contributed by atoms with Crippen LogP contribution in [-0.2, 0) is 5.41 Å². The van der Waals surface area contributed by atoms with Gasteiger partial charge < -0.3 is 18.2 Å². The van der Waals surface area contributed by atoms with Gasteiger partial charge in [-0.3, -0.25) is 0 Å². The number of para-hydroxylation sites is 2. The SMILES string of the molecule is CC(C)(C)c1ccc(N2B3c4cc5c(cc4-n4c6cc7sc8ccccc8c7cc6c6ccc(c3c64)-c3cc4oc6ccccc6c4cc32)oc2ccccc25)cc1. The summed E-state index contributed by atoms with van der Waals surface area (Å²) in [4.78, 5) is 2.62. The Hall–Kier alpha value is -6.76. The van der Waals surface area contributed by atoms with Gasteiger partial charge in [0.2, 0.25) is 0 Å². The summed E-state index contributed by atoms with van der Waals surface area (Å²) in [5, 5.41) is 9.70. The highest BCUT2D eigenvalue weighted by atomic mass is 32.1. The predicted molar refractivity (Wildman–Crippen MR) is 246 cm³/mol. The number of hydrogen-bond donors (Lipinski definition) is 0. The zero-order chi connectivity index (χ0) is 38.2. The maximum atomic E-state index is 6.67. The molecule has 0 radical (unpaired) electrons. The van der Waals surface area contributed by atoms with E-state index in [0.717, 1.165) is 55.3 Å². The van der Waals surface area contributed by atoms with Gasteiger partial charge in [-0.25, -0.2) is 0 Å². The molecule has 8 aromatic carbocycles. The van der Waals surface area contributed by atoms with Crippen molar-refractivity contribution in [3.8, 4) is 16.8 Å². The number of furan rings is 2. The lowest BCUT2D eigenvalue weighted by Gasteiger charge is -2.42. The van der Waals surface area contributed by atoms with Gasteiger partial charge in [0.15, 0.2) is 0 Å². The van der Waals surface area contributed by atoms with Gasteiger partial charge in [0, 0.05) is 81.2 Å². The monoisotopic (exact) mass is 760 g/mol. The van der Waals surface area contributed by atoms with Crippen molar-refractivity contribution in [2.45, 2.75) is 26.2 Å². The molecule has 0 bridgehead atoms. The van der Waals surface area contributed by atoms with Crippen LogP contribution < -0.4 is 15.7 Å². The van der Waals surface area contributed by atoms with Gasteiger partial charge in [-0.15, -0.1) is 11.3 Å². The molecule has 0 N–H and O–H groups in total. The van der Waals surface area contributed by atoms with Crippen molar-refractivity contribution in [2.24, 2.45) is 0 Å². The maximum Gasteiger partial charge on any atom is 0.333 e. The number of aromatic nitrogens is 1. The lowest BCUT2D eigenvalue weighted by molar-refractivity contribution is 0.590. The Morgan fingerprint density at radius 2 is 1.19 bits per heavy atom. The quantitative estimate of drug-likeness (QED) is 0.156. The summed E-state index contributed by atoms with van der Waals surface area (Å²) in [6, 6.07) is 54.1. The first-order chi connectivity index (χ1) is 28.4. The number of benzene rings is 8. The average Bonchev–Trinajstić information content (AvgIpc) is 3.99. The van der Waals surface area contributed by atoms with E-state index in [-0.39, 0.29) is 12.3 Å². The summed E-state index contributed by atoms with van der Waals surface area (Å²) in [5.41, 5.74) is 16.0. The van der Waals surface area contributed by atoms with Gasteiger partial charge in [0.1, 0.15) is 22.3 Å². The topological polar surface area (TPSA) is 34.5 Å². The van der Waals surface area contributed by atoms with E-state index in [1.54, 1.807) is 0 Å². The first-order valence-electron chi connectivity index (χ1n) is 20.1. The first kappa shape index (κ1) is 31.3. The molecule has 0 aliphatic carbocycles. The van der Waals surface area contributed by atoms with Crippen molar-refractivity contribution in [1.29, 1.82) is 0 Å². The largest absolute Gasteiger partial charge is 0.456 e. The Bertz CT molecular complexity index is 3800. The zero-order valence-corrected chi connectivity index (χ0v) is 32.9. The lowest BCUT2D eigenvalue weighted by atomic mass is 9.44. The summed E-state index contributed by atoms with van der Waals surface area (Å²) < 4.78 is 18.4. The molecule has 0 atom stereocenters. The Labute approximate surface area is 337 Å². The Kier molecular flexibility index (Phi) is 5.73. The minimum atomic E-state index is -0.117. The van der Waals surface area contributed by atoms with Gasteiger partial charge in [0.25, 0.3) is 0 Å². The highest BCUT2D eigenvalue weighted by Gasteiger charge is 2.44. The molecule has 6 heteroatoms. The van der Waals surface area contributed by atoms with E-state index in [2.05, 4.69) is 176 Å². The minimum Gasteiger partial charge on any atom is -0.456 e. The van der Waals surface area contributed by atoms with Gasteiger partial charge >= 0.3 is 6.85 Å². The second-order valence-corrected chi connectivity index (χ2v) is 18.3. The highest BCUT2D eigenvalue weighted by Crippen LogP contribution is 2.49. The fourth-order valence-corrected chi connectivity index (χ4v) is 11.6. The molecule has 4 nitrogen and oxygen atoms in total. The molecule has 0 spiro atoms. The number of nitrogens with zero attached hydrogens (tertiary/aromatic N) is 2. The van der Waals surface area contributed by atoms with E-state index in [9.17, 15) is 0 Å².